The van der Waals surface area contributed by atoms with Crippen LogP contribution in [0.2, 0.25) is 0 Å². The van der Waals surface area contributed by atoms with Gasteiger partial charge in [0.1, 0.15) is 17.2 Å². The fourth-order valence-electron chi connectivity index (χ4n) is 4.18. The molecule has 0 bridgehead atoms. The van der Waals surface area contributed by atoms with E-state index in [0.29, 0.717) is 27.0 Å². The number of aromatic nitrogens is 1. The summed E-state index contributed by atoms with van der Waals surface area (Å²) in [5.41, 5.74) is 5.56. The number of nitro groups is 1. The number of rotatable bonds is 8. The van der Waals surface area contributed by atoms with Gasteiger partial charge in [-0.3, -0.25) is 14.9 Å². The third-order valence-electron chi connectivity index (χ3n) is 6.15. The molecule has 4 aromatic carbocycles. The van der Waals surface area contributed by atoms with Crippen LogP contribution in [0.3, 0.4) is 0 Å². The van der Waals surface area contributed by atoms with E-state index in [4.69, 9.17) is 9.47 Å². The van der Waals surface area contributed by atoms with E-state index in [9.17, 15) is 19.7 Å². The van der Waals surface area contributed by atoms with Crippen LogP contribution in [0.1, 0.15) is 26.4 Å². The SMILES string of the molecule is COc1ccc2[nH]c(C(=O)NN=Cc3cc(Br)ccc3OC(=O)c3ccc([N+](=O)[O-])cc3)c(-c3ccccc3)c2c1. The minimum atomic E-state index is -0.707. The van der Waals surface area contributed by atoms with Crippen LogP contribution >= 0.6 is 15.9 Å². The van der Waals surface area contributed by atoms with Gasteiger partial charge in [-0.2, -0.15) is 5.10 Å². The number of aromatic amines is 1. The lowest BCUT2D eigenvalue weighted by atomic mass is 10.0. The van der Waals surface area contributed by atoms with Gasteiger partial charge in [-0.15, -0.1) is 0 Å². The van der Waals surface area contributed by atoms with Crippen LogP contribution in [0.5, 0.6) is 11.5 Å². The van der Waals surface area contributed by atoms with E-state index in [1.165, 1.54) is 30.5 Å². The lowest BCUT2D eigenvalue weighted by Crippen LogP contribution is -2.19. The summed E-state index contributed by atoms with van der Waals surface area (Å²) in [6, 6.07) is 25.0. The normalized spacial score (nSPS) is 11.0. The Morgan fingerprint density at radius 3 is 2.46 bits per heavy atom. The van der Waals surface area contributed by atoms with Gasteiger partial charge in [-0.05, 0) is 54.1 Å². The van der Waals surface area contributed by atoms with Crippen molar-refractivity contribution in [1.82, 2.24) is 10.4 Å². The average Bonchev–Trinajstić information content (AvgIpc) is 3.37. The van der Waals surface area contributed by atoms with E-state index < -0.39 is 16.8 Å². The van der Waals surface area contributed by atoms with Crippen LogP contribution in [0.15, 0.2) is 101 Å². The van der Waals surface area contributed by atoms with E-state index in [1.807, 2.05) is 42.5 Å². The number of halogens is 1. The summed E-state index contributed by atoms with van der Waals surface area (Å²) in [4.78, 5) is 39.5. The number of carbonyl (C=O) groups is 2. The molecule has 5 rings (SSSR count). The number of nitrogens with zero attached hydrogens (tertiary/aromatic N) is 2. The largest absolute Gasteiger partial charge is 0.497 e. The molecule has 0 unspecified atom stereocenters. The van der Waals surface area contributed by atoms with Gasteiger partial charge < -0.3 is 14.5 Å². The highest BCUT2D eigenvalue weighted by atomic mass is 79.9. The third kappa shape index (κ3) is 5.99. The molecule has 0 saturated carbocycles. The Kier molecular flexibility index (Phi) is 7.88. The number of fused-ring (bicyclic) bond motifs is 1. The highest BCUT2D eigenvalue weighted by Gasteiger charge is 2.20. The maximum Gasteiger partial charge on any atom is 0.343 e. The van der Waals surface area contributed by atoms with Crippen LogP contribution in [0.4, 0.5) is 5.69 Å². The molecule has 0 saturated heterocycles. The number of H-pyrrole nitrogens is 1. The summed E-state index contributed by atoms with van der Waals surface area (Å²) in [7, 11) is 1.58. The maximum absolute atomic E-state index is 13.3. The Balaban J connectivity index is 1.39. The monoisotopic (exact) mass is 612 g/mol. The molecular formula is C30H21BrN4O6. The van der Waals surface area contributed by atoms with Gasteiger partial charge in [0.2, 0.25) is 0 Å². The summed E-state index contributed by atoms with van der Waals surface area (Å²) in [6.07, 6.45) is 1.36. The standard InChI is InChI=1S/C30H21BrN4O6/c1-40-23-12-13-25-24(16-23)27(18-5-3-2-4-6-18)28(33-25)29(36)34-32-17-20-15-21(31)9-14-26(20)41-30(37)19-7-10-22(11-8-19)35(38)39/h2-17,33H,1H3,(H,34,36). The molecule has 11 heteroatoms. The zero-order valence-corrected chi connectivity index (χ0v) is 23.0. The van der Waals surface area contributed by atoms with E-state index >= 15 is 0 Å². The van der Waals surface area contributed by atoms with E-state index in [2.05, 4.69) is 31.4 Å². The summed E-state index contributed by atoms with van der Waals surface area (Å²) in [5, 5.41) is 15.8. The van der Waals surface area contributed by atoms with Crippen molar-refractivity contribution in [3.63, 3.8) is 0 Å². The molecular weight excluding hydrogens is 592 g/mol. The van der Waals surface area contributed by atoms with Gasteiger partial charge in [0.05, 0.1) is 23.8 Å². The molecule has 0 aliphatic carbocycles. The molecule has 0 fully saturated rings. The molecule has 1 amide bonds. The molecule has 1 aromatic heterocycles. The Labute approximate surface area is 241 Å². The van der Waals surface area contributed by atoms with Crippen LogP contribution < -0.4 is 14.9 Å². The van der Waals surface area contributed by atoms with Crippen LogP contribution in [0, 0.1) is 10.1 Å². The Bertz CT molecular complexity index is 1800. The molecule has 1 heterocycles. The third-order valence-corrected chi connectivity index (χ3v) is 6.65. The average molecular weight is 613 g/mol. The maximum atomic E-state index is 13.3. The minimum absolute atomic E-state index is 0.138. The molecule has 41 heavy (non-hydrogen) atoms. The summed E-state index contributed by atoms with van der Waals surface area (Å²) in [6.45, 7) is 0. The van der Waals surface area contributed by atoms with Crippen molar-refractivity contribution in [2.75, 3.05) is 7.11 Å². The highest BCUT2D eigenvalue weighted by molar-refractivity contribution is 9.10. The number of nitro benzene ring substituents is 1. The molecule has 5 aromatic rings. The Morgan fingerprint density at radius 2 is 1.76 bits per heavy atom. The number of amides is 1. The van der Waals surface area contributed by atoms with Crippen molar-refractivity contribution >= 4 is 50.6 Å². The number of benzene rings is 4. The number of carbonyl (C=O) groups excluding carboxylic acids is 2. The number of non-ortho nitro benzene ring substituents is 1. The van der Waals surface area contributed by atoms with Crippen molar-refractivity contribution in [1.29, 1.82) is 0 Å². The quantitative estimate of drug-likeness (QED) is 0.0675. The number of hydrogen-bond acceptors (Lipinski definition) is 7. The summed E-state index contributed by atoms with van der Waals surface area (Å²) < 4.78 is 11.6. The van der Waals surface area contributed by atoms with Crippen LogP contribution in [-0.4, -0.2) is 35.1 Å². The number of nitrogens with one attached hydrogen (secondary N) is 2. The van der Waals surface area contributed by atoms with Gasteiger partial charge in [-0.25, -0.2) is 10.2 Å². The molecule has 0 radical (unpaired) electrons. The fourth-order valence-corrected chi connectivity index (χ4v) is 4.56. The summed E-state index contributed by atoms with van der Waals surface area (Å²) >= 11 is 3.38. The smallest absolute Gasteiger partial charge is 0.343 e. The van der Waals surface area contributed by atoms with Gasteiger partial charge in [0.15, 0.2) is 0 Å². The lowest BCUT2D eigenvalue weighted by Gasteiger charge is -2.08. The lowest BCUT2D eigenvalue weighted by molar-refractivity contribution is -0.384. The Hall–Kier alpha value is -5.29. The molecule has 10 nitrogen and oxygen atoms in total. The molecule has 2 N–H and O–H groups in total. The number of hydrazone groups is 1. The first-order valence-electron chi connectivity index (χ1n) is 12.2. The van der Waals surface area contributed by atoms with Crippen molar-refractivity contribution in [3.05, 3.63) is 122 Å². The zero-order valence-electron chi connectivity index (χ0n) is 21.5. The number of hydrogen-bond donors (Lipinski definition) is 2. The number of methoxy groups -OCH3 is 1. The molecule has 0 atom stereocenters. The van der Waals surface area contributed by atoms with Crippen LogP contribution in [-0.2, 0) is 0 Å². The predicted molar refractivity (Wildman–Crippen MR) is 158 cm³/mol. The second-order valence-electron chi connectivity index (χ2n) is 8.73. The van der Waals surface area contributed by atoms with E-state index in [1.54, 1.807) is 31.4 Å². The van der Waals surface area contributed by atoms with Crippen molar-refractivity contribution in [2.45, 2.75) is 0 Å². The first-order valence-corrected chi connectivity index (χ1v) is 13.0. The zero-order chi connectivity index (χ0) is 28.9. The van der Waals surface area contributed by atoms with Gasteiger partial charge in [0, 0.05) is 38.6 Å². The van der Waals surface area contributed by atoms with Gasteiger partial charge in [0.25, 0.3) is 11.6 Å². The second-order valence-corrected chi connectivity index (χ2v) is 9.64. The summed E-state index contributed by atoms with van der Waals surface area (Å²) in [5.74, 6) is -0.349. The van der Waals surface area contributed by atoms with E-state index in [0.717, 1.165) is 16.5 Å². The number of esters is 1. The van der Waals surface area contributed by atoms with Crippen molar-refractivity contribution in [3.8, 4) is 22.6 Å². The highest BCUT2D eigenvalue weighted by Crippen LogP contribution is 2.34. The molecule has 0 aliphatic heterocycles. The minimum Gasteiger partial charge on any atom is -0.497 e. The van der Waals surface area contributed by atoms with Gasteiger partial charge in [-0.1, -0.05) is 46.3 Å². The molecule has 0 aliphatic rings. The molecule has 204 valence electrons. The van der Waals surface area contributed by atoms with Crippen molar-refractivity contribution < 1.29 is 24.0 Å². The second kappa shape index (κ2) is 11.8. The van der Waals surface area contributed by atoms with E-state index in [-0.39, 0.29) is 17.0 Å². The topological polar surface area (TPSA) is 136 Å². The van der Waals surface area contributed by atoms with Crippen molar-refractivity contribution in [2.24, 2.45) is 5.10 Å². The Morgan fingerprint density at radius 1 is 1.00 bits per heavy atom. The molecule has 0 spiro atoms. The van der Waals surface area contributed by atoms with Crippen LogP contribution in [0.25, 0.3) is 22.0 Å². The predicted octanol–water partition coefficient (Wildman–Crippen LogP) is 6.50. The fraction of sp³-hybridized carbons (Fsp3) is 0.0333. The first kappa shape index (κ1) is 27.3. The first-order chi connectivity index (χ1) is 19.8. The van der Waals surface area contributed by atoms with Gasteiger partial charge >= 0.3 is 5.97 Å². The number of ether oxygens (including phenoxy) is 2.